The summed E-state index contributed by atoms with van der Waals surface area (Å²) in [7, 11) is 0. The highest BCUT2D eigenvalue weighted by Gasteiger charge is 2.18. The molecule has 3 aromatic rings. The molecule has 0 aliphatic carbocycles. The summed E-state index contributed by atoms with van der Waals surface area (Å²) in [4.78, 5) is 0. The van der Waals surface area contributed by atoms with Gasteiger partial charge in [0.25, 0.3) is 0 Å². The van der Waals surface area contributed by atoms with Crippen molar-refractivity contribution in [2.24, 2.45) is 0 Å². The highest BCUT2D eigenvalue weighted by molar-refractivity contribution is 8.03. The summed E-state index contributed by atoms with van der Waals surface area (Å²) in [6, 6.07) is 8.03. The standard InChI is InChI=1S/C14H14N4OS3/c1-8-5-4-6-10(7-8)12-16-15-11(19-12)9(2)21-14-18-17-13(20-3)22-14/h4-7,9H,1-3H3/t9-/m0/s1. The SMILES string of the molecule is CSc1nnc(S[C@@H](C)c2nnc(-c3cccc(C)c3)o2)s1. The van der Waals surface area contributed by atoms with E-state index in [2.05, 4.69) is 20.4 Å². The molecule has 0 spiro atoms. The van der Waals surface area contributed by atoms with Gasteiger partial charge in [-0.25, -0.2) is 0 Å². The van der Waals surface area contributed by atoms with Crippen molar-refractivity contribution in [3.8, 4) is 11.5 Å². The predicted octanol–water partition coefficient (Wildman–Crippen LogP) is 4.47. The molecule has 0 unspecified atom stereocenters. The van der Waals surface area contributed by atoms with Crippen LogP contribution in [0.15, 0.2) is 37.4 Å². The third kappa shape index (κ3) is 3.50. The van der Waals surface area contributed by atoms with Gasteiger partial charge >= 0.3 is 0 Å². The van der Waals surface area contributed by atoms with Gasteiger partial charge in [-0.3, -0.25) is 0 Å². The number of benzene rings is 1. The monoisotopic (exact) mass is 350 g/mol. The Labute approximate surface area is 141 Å². The molecule has 22 heavy (non-hydrogen) atoms. The smallest absolute Gasteiger partial charge is 0.247 e. The van der Waals surface area contributed by atoms with Crippen LogP contribution in [0.5, 0.6) is 0 Å². The van der Waals surface area contributed by atoms with Gasteiger partial charge in [0, 0.05) is 5.56 Å². The number of nitrogens with zero attached hydrogens (tertiary/aromatic N) is 4. The first-order chi connectivity index (χ1) is 10.7. The fraction of sp³-hybridized carbons (Fsp3) is 0.286. The second-order valence-electron chi connectivity index (χ2n) is 4.61. The highest BCUT2D eigenvalue weighted by atomic mass is 32.2. The van der Waals surface area contributed by atoms with Crippen molar-refractivity contribution in [3.05, 3.63) is 35.7 Å². The van der Waals surface area contributed by atoms with Crippen LogP contribution >= 0.6 is 34.9 Å². The zero-order valence-electron chi connectivity index (χ0n) is 12.3. The average Bonchev–Trinajstić information content (AvgIpc) is 3.16. The van der Waals surface area contributed by atoms with Crippen LogP contribution in [-0.4, -0.2) is 26.7 Å². The van der Waals surface area contributed by atoms with Crippen LogP contribution in [0.4, 0.5) is 0 Å². The number of hydrogen-bond donors (Lipinski definition) is 0. The summed E-state index contributed by atoms with van der Waals surface area (Å²) >= 11 is 4.75. The van der Waals surface area contributed by atoms with Gasteiger partial charge < -0.3 is 4.42 Å². The zero-order chi connectivity index (χ0) is 15.5. The molecule has 0 N–H and O–H groups in total. The molecule has 0 saturated heterocycles. The highest BCUT2D eigenvalue weighted by Crippen LogP contribution is 2.37. The first kappa shape index (κ1) is 15.5. The maximum Gasteiger partial charge on any atom is 0.247 e. The van der Waals surface area contributed by atoms with Crippen LogP contribution in [0, 0.1) is 6.92 Å². The Hall–Kier alpha value is -1.38. The van der Waals surface area contributed by atoms with E-state index in [-0.39, 0.29) is 5.25 Å². The van der Waals surface area contributed by atoms with Crippen LogP contribution in [0.2, 0.25) is 0 Å². The van der Waals surface area contributed by atoms with Gasteiger partial charge in [-0.1, -0.05) is 52.6 Å². The van der Waals surface area contributed by atoms with Crippen LogP contribution in [0.25, 0.3) is 11.5 Å². The Morgan fingerprint density at radius 3 is 2.68 bits per heavy atom. The van der Waals surface area contributed by atoms with E-state index in [4.69, 9.17) is 4.42 Å². The lowest BCUT2D eigenvalue weighted by Gasteiger charge is -2.02. The molecule has 0 bridgehead atoms. The summed E-state index contributed by atoms with van der Waals surface area (Å²) in [5, 5.41) is 16.6. The van der Waals surface area contributed by atoms with Crippen molar-refractivity contribution in [1.29, 1.82) is 0 Å². The summed E-state index contributed by atoms with van der Waals surface area (Å²) in [5.74, 6) is 1.15. The number of rotatable bonds is 5. The summed E-state index contributed by atoms with van der Waals surface area (Å²) in [6.07, 6.45) is 1.99. The van der Waals surface area contributed by atoms with Gasteiger partial charge in [-0.15, -0.1) is 20.4 Å². The Kier molecular flexibility index (Phi) is 4.80. The second kappa shape index (κ2) is 6.80. The van der Waals surface area contributed by atoms with Crippen LogP contribution < -0.4 is 0 Å². The van der Waals surface area contributed by atoms with Crippen molar-refractivity contribution >= 4 is 34.9 Å². The molecule has 0 radical (unpaired) electrons. The summed E-state index contributed by atoms with van der Waals surface area (Å²) in [6.45, 7) is 4.07. The van der Waals surface area contributed by atoms with Crippen LogP contribution in [-0.2, 0) is 0 Å². The maximum absolute atomic E-state index is 5.80. The van der Waals surface area contributed by atoms with Crippen molar-refractivity contribution in [1.82, 2.24) is 20.4 Å². The minimum atomic E-state index is 0.0358. The Balaban J connectivity index is 1.75. The van der Waals surface area contributed by atoms with E-state index in [1.807, 2.05) is 44.4 Å². The molecule has 114 valence electrons. The number of hydrogen-bond acceptors (Lipinski definition) is 8. The van der Waals surface area contributed by atoms with E-state index >= 15 is 0 Å². The molecule has 0 aliphatic heterocycles. The molecule has 5 nitrogen and oxygen atoms in total. The molecule has 8 heteroatoms. The van der Waals surface area contributed by atoms with E-state index in [1.165, 1.54) is 0 Å². The fourth-order valence-corrected chi connectivity index (χ4v) is 4.43. The molecule has 1 atom stereocenters. The van der Waals surface area contributed by atoms with Gasteiger partial charge in [-0.2, -0.15) is 0 Å². The second-order valence-corrected chi connectivity index (χ2v) is 8.23. The third-order valence-corrected chi connectivity index (χ3v) is 5.96. The van der Waals surface area contributed by atoms with E-state index in [0.29, 0.717) is 11.8 Å². The fourth-order valence-electron chi connectivity index (χ4n) is 1.82. The zero-order valence-corrected chi connectivity index (χ0v) is 14.8. The quantitative estimate of drug-likeness (QED) is 0.629. The topological polar surface area (TPSA) is 64.7 Å². The van der Waals surface area contributed by atoms with Gasteiger partial charge in [0.15, 0.2) is 8.68 Å². The molecule has 2 heterocycles. The van der Waals surface area contributed by atoms with E-state index in [0.717, 1.165) is 19.8 Å². The van der Waals surface area contributed by atoms with Crippen molar-refractivity contribution in [2.75, 3.05) is 6.26 Å². The van der Waals surface area contributed by atoms with Gasteiger partial charge in [0.1, 0.15) is 0 Å². The largest absolute Gasteiger partial charge is 0.419 e. The van der Waals surface area contributed by atoms with Crippen molar-refractivity contribution in [3.63, 3.8) is 0 Å². The predicted molar refractivity (Wildman–Crippen MR) is 90.4 cm³/mol. The maximum atomic E-state index is 5.80. The lowest BCUT2D eigenvalue weighted by molar-refractivity contribution is 0.509. The minimum Gasteiger partial charge on any atom is -0.419 e. The van der Waals surface area contributed by atoms with E-state index in [9.17, 15) is 0 Å². The molecule has 0 aliphatic rings. The lowest BCUT2D eigenvalue weighted by atomic mass is 10.1. The average molecular weight is 350 g/mol. The molecule has 2 aromatic heterocycles. The van der Waals surface area contributed by atoms with E-state index < -0.39 is 0 Å². The minimum absolute atomic E-state index is 0.0358. The number of aryl methyl sites for hydroxylation is 1. The third-order valence-electron chi connectivity index (χ3n) is 2.89. The lowest BCUT2D eigenvalue weighted by Crippen LogP contribution is -1.88. The summed E-state index contributed by atoms with van der Waals surface area (Å²) in [5.41, 5.74) is 2.11. The number of aromatic nitrogens is 4. The normalized spacial score (nSPS) is 12.5. The van der Waals surface area contributed by atoms with Crippen molar-refractivity contribution in [2.45, 2.75) is 27.8 Å². The van der Waals surface area contributed by atoms with Gasteiger partial charge in [0.05, 0.1) is 5.25 Å². The molecular formula is C14H14N4OS3. The molecular weight excluding hydrogens is 336 g/mol. The Morgan fingerprint density at radius 2 is 1.95 bits per heavy atom. The Morgan fingerprint density at radius 1 is 1.14 bits per heavy atom. The first-order valence-electron chi connectivity index (χ1n) is 6.60. The molecule has 0 saturated carbocycles. The molecule has 0 amide bonds. The Bertz CT molecular complexity index is 771. The molecule has 3 rings (SSSR count). The molecule has 1 aromatic carbocycles. The molecule has 0 fully saturated rings. The number of thioether (sulfide) groups is 2. The van der Waals surface area contributed by atoms with Crippen LogP contribution in [0.1, 0.15) is 23.6 Å². The van der Waals surface area contributed by atoms with Gasteiger partial charge in [-0.05, 0) is 32.2 Å². The van der Waals surface area contributed by atoms with Crippen molar-refractivity contribution < 1.29 is 4.42 Å². The first-order valence-corrected chi connectivity index (χ1v) is 9.52. The van der Waals surface area contributed by atoms with Gasteiger partial charge in [0.2, 0.25) is 11.8 Å². The van der Waals surface area contributed by atoms with Crippen LogP contribution in [0.3, 0.4) is 0 Å². The van der Waals surface area contributed by atoms with E-state index in [1.54, 1.807) is 34.9 Å². The summed E-state index contributed by atoms with van der Waals surface area (Å²) < 4.78 is 7.67.